The van der Waals surface area contributed by atoms with Crippen molar-refractivity contribution in [2.24, 2.45) is 0 Å². The summed E-state index contributed by atoms with van der Waals surface area (Å²) in [4.78, 5) is 22.5. The molecule has 0 radical (unpaired) electrons. The monoisotopic (exact) mass is 273 g/mol. The van der Waals surface area contributed by atoms with Crippen LogP contribution in [0.3, 0.4) is 0 Å². The van der Waals surface area contributed by atoms with Crippen molar-refractivity contribution in [3.05, 3.63) is 29.0 Å². The van der Waals surface area contributed by atoms with Crippen molar-refractivity contribution in [2.45, 2.75) is 19.8 Å². The van der Waals surface area contributed by atoms with Crippen LogP contribution in [0.15, 0.2) is 18.2 Å². The first-order valence-electron chi connectivity index (χ1n) is 5.44. The van der Waals surface area contributed by atoms with Gasteiger partial charge < -0.3 is 10.1 Å². The molecule has 98 valence electrons. The molecule has 0 aliphatic heterocycles. The van der Waals surface area contributed by atoms with Gasteiger partial charge in [0.05, 0.1) is 23.7 Å². The predicted octanol–water partition coefficient (Wildman–Crippen LogP) is 2.76. The van der Waals surface area contributed by atoms with Gasteiger partial charge >= 0.3 is 5.97 Å². The van der Waals surface area contributed by atoms with Gasteiger partial charge in [-0.1, -0.05) is 17.7 Å². The summed E-state index contributed by atoms with van der Waals surface area (Å²) < 4.78 is 18.1. The number of amides is 1. The van der Waals surface area contributed by atoms with Gasteiger partial charge in [-0.05, 0) is 19.1 Å². The molecule has 0 aliphatic rings. The Labute approximate surface area is 109 Å². The van der Waals surface area contributed by atoms with E-state index in [0.29, 0.717) is 0 Å². The molecule has 0 fully saturated rings. The molecule has 18 heavy (non-hydrogen) atoms. The van der Waals surface area contributed by atoms with Gasteiger partial charge in [0.25, 0.3) is 0 Å². The molecule has 4 nitrogen and oxygen atoms in total. The number of anilines is 1. The summed E-state index contributed by atoms with van der Waals surface area (Å²) in [5, 5.41) is 2.27. The first kappa shape index (κ1) is 14.4. The summed E-state index contributed by atoms with van der Waals surface area (Å²) in [6.45, 7) is 1.95. The number of nitrogens with one attached hydrogen (secondary N) is 1. The average Bonchev–Trinajstić information content (AvgIpc) is 2.33. The minimum Gasteiger partial charge on any atom is -0.466 e. The Morgan fingerprint density at radius 3 is 2.78 bits per heavy atom. The van der Waals surface area contributed by atoms with Crippen LogP contribution in [0.25, 0.3) is 0 Å². The number of hydrogen-bond donors (Lipinski definition) is 1. The largest absolute Gasteiger partial charge is 0.466 e. The van der Waals surface area contributed by atoms with E-state index < -0.39 is 17.7 Å². The Kier molecular flexibility index (Phi) is 5.58. The number of rotatable bonds is 5. The Morgan fingerprint density at radius 2 is 2.11 bits per heavy atom. The summed E-state index contributed by atoms with van der Waals surface area (Å²) in [6.07, 6.45) is -0.105. The molecule has 0 atom stereocenters. The Morgan fingerprint density at radius 1 is 1.39 bits per heavy atom. The molecule has 1 amide bonds. The van der Waals surface area contributed by atoms with Gasteiger partial charge in [-0.3, -0.25) is 9.59 Å². The highest BCUT2D eigenvalue weighted by molar-refractivity contribution is 6.31. The maximum Gasteiger partial charge on any atom is 0.306 e. The minimum atomic E-state index is -0.691. The molecule has 0 saturated heterocycles. The van der Waals surface area contributed by atoms with E-state index in [4.69, 9.17) is 11.6 Å². The summed E-state index contributed by atoms with van der Waals surface area (Å²) in [5.41, 5.74) is -0.00337. The SMILES string of the molecule is CCOC(=O)CCC(=O)Nc1cccc(Cl)c1F. The third-order valence-electron chi connectivity index (χ3n) is 2.09. The van der Waals surface area contributed by atoms with E-state index >= 15 is 0 Å². The van der Waals surface area contributed by atoms with E-state index in [1.807, 2.05) is 0 Å². The second kappa shape index (κ2) is 6.96. The van der Waals surface area contributed by atoms with Crippen molar-refractivity contribution in [1.82, 2.24) is 0 Å². The van der Waals surface area contributed by atoms with Crippen LogP contribution in [0.4, 0.5) is 10.1 Å². The number of halogens is 2. The normalized spacial score (nSPS) is 9.94. The topological polar surface area (TPSA) is 55.4 Å². The minimum absolute atomic E-state index is 0.00337. The van der Waals surface area contributed by atoms with Gasteiger partial charge in [-0.15, -0.1) is 0 Å². The van der Waals surface area contributed by atoms with Gasteiger partial charge in [0.15, 0.2) is 5.82 Å². The van der Waals surface area contributed by atoms with Gasteiger partial charge in [-0.25, -0.2) is 4.39 Å². The van der Waals surface area contributed by atoms with Crippen LogP contribution in [0.5, 0.6) is 0 Å². The molecule has 1 N–H and O–H groups in total. The van der Waals surface area contributed by atoms with E-state index in [1.165, 1.54) is 18.2 Å². The highest BCUT2D eigenvalue weighted by atomic mass is 35.5. The smallest absolute Gasteiger partial charge is 0.306 e. The van der Waals surface area contributed by atoms with Crippen LogP contribution in [-0.2, 0) is 14.3 Å². The Balaban J connectivity index is 2.50. The summed E-state index contributed by atoms with van der Waals surface area (Å²) in [7, 11) is 0. The van der Waals surface area contributed by atoms with E-state index in [0.717, 1.165) is 0 Å². The molecule has 0 bridgehead atoms. The molecular weight excluding hydrogens is 261 g/mol. The lowest BCUT2D eigenvalue weighted by molar-refractivity contribution is -0.144. The number of carbonyl (C=O) groups is 2. The van der Waals surface area contributed by atoms with Crippen molar-refractivity contribution in [3.8, 4) is 0 Å². The Hall–Kier alpha value is -1.62. The number of benzene rings is 1. The molecular formula is C12H13ClFNO3. The number of carbonyl (C=O) groups excluding carboxylic acids is 2. The van der Waals surface area contributed by atoms with E-state index in [9.17, 15) is 14.0 Å². The third-order valence-corrected chi connectivity index (χ3v) is 2.38. The van der Waals surface area contributed by atoms with Crippen LogP contribution >= 0.6 is 11.6 Å². The van der Waals surface area contributed by atoms with E-state index in [2.05, 4.69) is 10.1 Å². The lowest BCUT2D eigenvalue weighted by Gasteiger charge is -2.07. The van der Waals surface area contributed by atoms with Gasteiger partial charge in [0, 0.05) is 6.42 Å². The highest BCUT2D eigenvalue weighted by Gasteiger charge is 2.11. The van der Waals surface area contributed by atoms with Gasteiger partial charge in [0.2, 0.25) is 5.91 Å². The highest BCUT2D eigenvalue weighted by Crippen LogP contribution is 2.22. The first-order valence-corrected chi connectivity index (χ1v) is 5.82. The number of esters is 1. The summed E-state index contributed by atoms with van der Waals surface area (Å²) in [5.74, 6) is -1.62. The van der Waals surface area contributed by atoms with Crippen molar-refractivity contribution in [3.63, 3.8) is 0 Å². The van der Waals surface area contributed by atoms with E-state index in [-0.39, 0.29) is 30.2 Å². The zero-order valence-corrected chi connectivity index (χ0v) is 10.6. The molecule has 0 saturated carbocycles. The fraction of sp³-hybridized carbons (Fsp3) is 0.333. The maximum atomic E-state index is 13.4. The molecule has 6 heteroatoms. The molecule has 0 aromatic heterocycles. The molecule has 1 rings (SSSR count). The Bertz CT molecular complexity index is 451. The first-order chi connectivity index (χ1) is 8.54. The van der Waals surface area contributed by atoms with Gasteiger partial charge in [0.1, 0.15) is 0 Å². The van der Waals surface area contributed by atoms with Crippen LogP contribution in [-0.4, -0.2) is 18.5 Å². The van der Waals surface area contributed by atoms with E-state index in [1.54, 1.807) is 6.92 Å². The zero-order valence-electron chi connectivity index (χ0n) is 9.83. The van der Waals surface area contributed by atoms with Crippen LogP contribution < -0.4 is 5.32 Å². The molecule has 0 heterocycles. The third kappa shape index (κ3) is 4.33. The molecule has 0 aliphatic carbocycles. The second-order valence-electron chi connectivity index (χ2n) is 3.45. The fourth-order valence-electron chi connectivity index (χ4n) is 1.26. The summed E-state index contributed by atoms with van der Waals surface area (Å²) in [6, 6.07) is 4.29. The second-order valence-corrected chi connectivity index (χ2v) is 3.86. The maximum absolute atomic E-state index is 13.4. The van der Waals surface area contributed by atoms with Crippen molar-refractivity contribution in [2.75, 3.05) is 11.9 Å². The quantitative estimate of drug-likeness (QED) is 0.839. The number of ether oxygens (including phenoxy) is 1. The number of hydrogen-bond acceptors (Lipinski definition) is 3. The average molecular weight is 274 g/mol. The van der Waals surface area contributed by atoms with Crippen molar-refractivity contribution < 1.29 is 18.7 Å². The van der Waals surface area contributed by atoms with Crippen LogP contribution in [0.2, 0.25) is 5.02 Å². The standard InChI is InChI=1S/C12H13ClFNO3/c1-2-18-11(17)7-6-10(16)15-9-5-3-4-8(13)12(9)14/h3-5H,2,6-7H2,1H3,(H,15,16). The van der Waals surface area contributed by atoms with Gasteiger partial charge in [-0.2, -0.15) is 0 Å². The molecule has 1 aromatic rings. The zero-order chi connectivity index (χ0) is 13.5. The lowest BCUT2D eigenvalue weighted by atomic mass is 10.2. The van der Waals surface area contributed by atoms with Crippen LogP contribution in [0.1, 0.15) is 19.8 Å². The molecule has 0 spiro atoms. The molecule has 0 unspecified atom stereocenters. The predicted molar refractivity (Wildman–Crippen MR) is 65.9 cm³/mol. The molecule has 1 aromatic carbocycles. The lowest BCUT2D eigenvalue weighted by Crippen LogP contribution is -2.15. The van der Waals surface area contributed by atoms with Crippen LogP contribution in [0, 0.1) is 5.82 Å². The van der Waals surface area contributed by atoms with Crippen molar-refractivity contribution >= 4 is 29.2 Å². The summed E-state index contributed by atoms with van der Waals surface area (Å²) >= 11 is 5.57. The fourth-order valence-corrected chi connectivity index (χ4v) is 1.44. The van der Waals surface area contributed by atoms with Crippen molar-refractivity contribution in [1.29, 1.82) is 0 Å².